The highest BCUT2D eigenvalue weighted by Gasteiger charge is 2.14. The van der Waals surface area contributed by atoms with Gasteiger partial charge in [0.05, 0.1) is 17.7 Å². The minimum absolute atomic E-state index is 0.0465. The lowest BCUT2D eigenvalue weighted by Crippen LogP contribution is -2.13. The lowest BCUT2D eigenvalue weighted by Gasteiger charge is -2.10. The number of ether oxygens (including phenoxy) is 1. The molecule has 0 atom stereocenters. The van der Waals surface area contributed by atoms with Gasteiger partial charge in [-0.25, -0.2) is 12.8 Å². The highest BCUT2D eigenvalue weighted by molar-refractivity contribution is 7.92. The number of benzene rings is 3. The number of hydrogen-bond donors (Lipinski definition) is 2. The first-order chi connectivity index (χ1) is 14.4. The number of halogens is 1. The van der Waals surface area contributed by atoms with Crippen LogP contribution in [-0.2, 0) is 14.8 Å². The van der Waals surface area contributed by atoms with E-state index in [4.69, 9.17) is 4.74 Å². The molecule has 0 heterocycles. The normalized spacial score (nSPS) is 11.3. The average molecular weight is 426 g/mol. The van der Waals surface area contributed by atoms with Crippen molar-refractivity contribution in [2.45, 2.75) is 4.90 Å². The Morgan fingerprint density at radius 2 is 1.67 bits per heavy atom. The molecule has 0 aromatic heterocycles. The molecule has 0 saturated carbocycles. The first-order valence-electron chi connectivity index (χ1n) is 8.87. The van der Waals surface area contributed by atoms with Crippen LogP contribution in [0.3, 0.4) is 0 Å². The lowest BCUT2D eigenvalue weighted by molar-refractivity contribution is -0.111. The topological polar surface area (TPSA) is 84.5 Å². The highest BCUT2D eigenvalue weighted by Crippen LogP contribution is 2.21. The zero-order valence-electron chi connectivity index (χ0n) is 16.0. The van der Waals surface area contributed by atoms with Gasteiger partial charge in [-0.05, 0) is 60.2 Å². The Balaban J connectivity index is 1.64. The molecule has 154 valence electrons. The van der Waals surface area contributed by atoms with Crippen molar-refractivity contribution in [1.82, 2.24) is 0 Å². The van der Waals surface area contributed by atoms with Crippen LogP contribution in [0.5, 0.6) is 5.75 Å². The van der Waals surface area contributed by atoms with E-state index in [1.54, 1.807) is 42.5 Å². The molecule has 1 amide bonds. The number of sulfonamides is 1. The molecule has 0 aliphatic rings. The van der Waals surface area contributed by atoms with Crippen LogP contribution in [0.1, 0.15) is 5.56 Å². The third-order valence-corrected chi connectivity index (χ3v) is 5.45. The van der Waals surface area contributed by atoms with Gasteiger partial charge >= 0.3 is 0 Å². The Labute approximate surface area is 174 Å². The van der Waals surface area contributed by atoms with Crippen LogP contribution in [0.2, 0.25) is 0 Å². The van der Waals surface area contributed by atoms with E-state index >= 15 is 0 Å². The summed E-state index contributed by atoms with van der Waals surface area (Å²) in [6.07, 6.45) is 2.86. The lowest BCUT2D eigenvalue weighted by atomic mass is 10.2. The largest absolute Gasteiger partial charge is 0.497 e. The van der Waals surface area contributed by atoms with Crippen molar-refractivity contribution in [2.24, 2.45) is 0 Å². The van der Waals surface area contributed by atoms with E-state index in [9.17, 15) is 17.6 Å². The zero-order chi connectivity index (χ0) is 21.6. The number of carbonyl (C=O) groups is 1. The fraction of sp³-hybridized carbons (Fsp3) is 0.0455. The second-order valence-corrected chi connectivity index (χ2v) is 7.92. The summed E-state index contributed by atoms with van der Waals surface area (Å²) in [5.41, 5.74) is 1.48. The summed E-state index contributed by atoms with van der Waals surface area (Å²) < 4.78 is 45.5. The van der Waals surface area contributed by atoms with Crippen molar-refractivity contribution in [3.8, 4) is 5.75 Å². The molecule has 0 unspecified atom stereocenters. The quantitative estimate of drug-likeness (QED) is 0.552. The molecule has 0 aliphatic carbocycles. The molecule has 0 spiro atoms. The maximum absolute atomic E-state index is 12.9. The molecule has 0 aliphatic heterocycles. The van der Waals surface area contributed by atoms with Crippen LogP contribution in [0, 0.1) is 5.82 Å². The molecule has 30 heavy (non-hydrogen) atoms. The molecular weight excluding hydrogens is 407 g/mol. The number of hydrogen-bond acceptors (Lipinski definition) is 4. The van der Waals surface area contributed by atoms with E-state index in [1.165, 1.54) is 49.6 Å². The molecule has 0 bridgehead atoms. The number of nitrogens with one attached hydrogen (secondary N) is 2. The summed E-state index contributed by atoms with van der Waals surface area (Å²) in [5.74, 6) is -0.223. The van der Waals surface area contributed by atoms with Crippen LogP contribution in [0.4, 0.5) is 15.8 Å². The molecule has 0 saturated heterocycles. The second-order valence-electron chi connectivity index (χ2n) is 6.24. The van der Waals surface area contributed by atoms with Gasteiger partial charge in [-0.1, -0.05) is 18.2 Å². The summed E-state index contributed by atoms with van der Waals surface area (Å²) in [5, 5.41) is 2.64. The first-order valence-corrected chi connectivity index (χ1v) is 10.4. The van der Waals surface area contributed by atoms with Gasteiger partial charge < -0.3 is 10.1 Å². The molecule has 0 fully saturated rings. The van der Waals surface area contributed by atoms with Gasteiger partial charge in [0.15, 0.2) is 0 Å². The van der Waals surface area contributed by atoms with Crippen molar-refractivity contribution < 1.29 is 22.3 Å². The molecule has 3 aromatic rings. The summed E-state index contributed by atoms with van der Waals surface area (Å²) in [4.78, 5) is 12.1. The molecular formula is C22H19FN2O4S. The predicted molar refractivity (Wildman–Crippen MR) is 114 cm³/mol. The van der Waals surface area contributed by atoms with Crippen molar-refractivity contribution >= 4 is 33.4 Å². The maximum Gasteiger partial charge on any atom is 0.261 e. The number of anilines is 2. The van der Waals surface area contributed by atoms with E-state index in [2.05, 4.69) is 10.0 Å². The van der Waals surface area contributed by atoms with E-state index in [-0.39, 0.29) is 10.7 Å². The Morgan fingerprint density at radius 1 is 0.967 bits per heavy atom. The smallest absolute Gasteiger partial charge is 0.261 e. The van der Waals surface area contributed by atoms with Crippen molar-refractivity contribution in [3.05, 3.63) is 90.3 Å². The van der Waals surface area contributed by atoms with Gasteiger partial charge in [0.2, 0.25) is 5.91 Å². The summed E-state index contributed by atoms with van der Waals surface area (Å²) in [6, 6.07) is 18.0. The highest BCUT2D eigenvalue weighted by atomic mass is 32.2. The van der Waals surface area contributed by atoms with E-state index in [0.717, 1.165) is 0 Å². The van der Waals surface area contributed by atoms with Gasteiger partial charge in [-0.15, -0.1) is 0 Å². The second kappa shape index (κ2) is 9.23. The summed E-state index contributed by atoms with van der Waals surface area (Å²) in [6.45, 7) is 0. The van der Waals surface area contributed by atoms with Crippen LogP contribution < -0.4 is 14.8 Å². The number of methoxy groups -OCH3 is 1. The third-order valence-electron chi connectivity index (χ3n) is 4.05. The van der Waals surface area contributed by atoms with Crippen molar-refractivity contribution in [1.29, 1.82) is 0 Å². The summed E-state index contributed by atoms with van der Waals surface area (Å²) >= 11 is 0. The minimum atomic E-state index is -3.80. The van der Waals surface area contributed by atoms with Crippen LogP contribution >= 0.6 is 0 Å². The van der Waals surface area contributed by atoms with Crippen LogP contribution in [0.15, 0.2) is 83.8 Å². The van der Waals surface area contributed by atoms with Crippen LogP contribution in [0.25, 0.3) is 6.08 Å². The van der Waals surface area contributed by atoms with Gasteiger partial charge in [-0.2, -0.15) is 0 Å². The number of amides is 1. The number of rotatable bonds is 7. The Morgan fingerprint density at radius 3 is 2.33 bits per heavy atom. The maximum atomic E-state index is 12.9. The molecule has 6 nitrogen and oxygen atoms in total. The van der Waals surface area contributed by atoms with E-state index < -0.39 is 15.9 Å². The molecule has 0 radical (unpaired) electrons. The third kappa shape index (κ3) is 5.68. The summed E-state index contributed by atoms with van der Waals surface area (Å²) in [7, 11) is -2.30. The SMILES string of the molecule is COc1cccc(NS(=O)(=O)c2ccc(NC(=O)/C=C/c3ccc(F)cc3)cc2)c1. The predicted octanol–water partition coefficient (Wildman–Crippen LogP) is 4.29. The van der Waals surface area contributed by atoms with Gasteiger partial charge in [-0.3, -0.25) is 9.52 Å². The van der Waals surface area contributed by atoms with Crippen molar-refractivity contribution in [3.63, 3.8) is 0 Å². The van der Waals surface area contributed by atoms with E-state index in [1.807, 2.05) is 0 Å². The van der Waals surface area contributed by atoms with Gasteiger partial charge in [0, 0.05) is 17.8 Å². The van der Waals surface area contributed by atoms with Gasteiger partial charge in [0.1, 0.15) is 11.6 Å². The Hall–Kier alpha value is -3.65. The fourth-order valence-electron chi connectivity index (χ4n) is 2.55. The van der Waals surface area contributed by atoms with Crippen molar-refractivity contribution in [2.75, 3.05) is 17.1 Å². The van der Waals surface area contributed by atoms with E-state index in [0.29, 0.717) is 22.7 Å². The zero-order valence-corrected chi connectivity index (χ0v) is 16.8. The minimum Gasteiger partial charge on any atom is -0.497 e. The Kier molecular flexibility index (Phi) is 6.48. The molecule has 8 heteroatoms. The monoisotopic (exact) mass is 426 g/mol. The average Bonchev–Trinajstić information content (AvgIpc) is 2.73. The molecule has 3 aromatic carbocycles. The molecule has 2 N–H and O–H groups in total. The fourth-order valence-corrected chi connectivity index (χ4v) is 3.60. The van der Waals surface area contributed by atoms with Crippen LogP contribution in [-0.4, -0.2) is 21.4 Å². The number of carbonyl (C=O) groups excluding carboxylic acids is 1. The first kappa shape index (κ1) is 21.1. The van der Waals surface area contributed by atoms with Gasteiger partial charge in [0.25, 0.3) is 10.0 Å². The Bertz CT molecular complexity index is 1160. The standard InChI is InChI=1S/C22H19FN2O4S/c1-29-20-4-2-3-19(15-20)25-30(27,28)21-12-10-18(11-13-21)24-22(26)14-7-16-5-8-17(23)9-6-16/h2-15,25H,1H3,(H,24,26)/b14-7+. The molecule has 3 rings (SSSR count).